The van der Waals surface area contributed by atoms with Gasteiger partial charge in [-0.05, 0) is 51.3 Å². The number of ether oxygens (including phenoxy) is 2. The predicted octanol–water partition coefficient (Wildman–Crippen LogP) is 1.22. The Bertz CT molecular complexity index is 823. The fourth-order valence-corrected chi connectivity index (χ4v) is 4.46. The average Bonchev–Trinajstić information content (AvgIpc) is 3.41. The van der Waals surface area contributed by atoms with Gasteiger partial charge in [-0.15, -0.1) is 0 Å². The fourth-order valence-electron chi connectivity index (χ4n) is 3.69. The van der Waals surface area contributed by atoms with E-state index in [0.717, 1.165) is 31.8 Å². The third kappa shape index (κ3) is 4.59. The van der Waals surface area contributed by atoms with Crippen molar-refractivity contribution in [1.82, 2.24) is 14.9 Å². The van der Waals surface area contributed by atoms with Crippen molar-refractivity contribution in [3.05, 3.63) is 17.7 Å². The molecule has 1 aliphatic heterocycles. The lowest BCUT2D eigenvalue weighted by atomic mass is 10.1. The minimum absolute atomic E-state index is 0.0472. The summed E-state index contributed by atoms with van der Waals surface area (Å²) in [6, 6.07) is 2.98. The molecule has 1 aromatic carbocycles. The van der Waals surface area contributed by atoms with Gasteiger partial charge >= 0.3 is 0 Å². The number of rotatable bonds is 9. The van der Waals surface area contributed by atoms with Crippen LogP contribution in [-0.4, -0.2) is 66.2 Å². The molecule has 0 spiro atoms. The third-order valence-corrected chi connectivity index (χ3v) is 6.86. The normalized spacial score (nSPS) is 20.2. The third-order valence-electron chi connectivity index (χ3n) is 5.46. The Kier molecular flexibility index (Phi) is 6.47. The molecule has 1 saturated heterocycles. The molecule has 0 aromatic heterocycles. The van der Waals surface area contributed by atoms with Crippen LogP contribution in [0.3, 0.4) is 0 Å². The van der Waals surface area contributed by atoms with Crippen LogP contribution >= 0.6 is 0 Å². The number of carbonyl (C=O) groups is 1. The Morgan fingerprint density at radius 2 is 1.96 bits per heavy atom. The molecule has 28 heavy (non-hydrogen) atoms. The molecular formula is C19H29N3O5S. The maximum atomic E-state index is 12.9. The second-order valence-corrected chi connectivity index (χ2v) is 9.24. The summed E-state index contributed by atoms with van der Waals surface area (Å²) in [6.07, 6.45) is 4.81. The molecular weight excluding hydrogens is 382 g/mol. The van der Waals surface area contributed by atoms with Crippen LogP contribution in [0.5, 0.6) is 11.5 Å². The van der Waals surface area contributed by atoms with E-state index < -0.39 is 10.0 Å². The lowest BCUT2D eigenvalue weighted by Gasteiger charge is -2.24. The quantitative estimate of drug-likeness (QED) is 0.634. The molecule has 8 nitrogen and oxygen atoms in total. The van der Waals surface area contributed by atoms with E-state index in [4.69, 9.17) is 9.47 Å². The van der Waals surface area contributed by atoms with Crippen molar-refractivity contribution in [3.8, 4) is 11.5 Å². The van der Waals surface area contributed by atoms with Gasteiger partial charge < -0.3 is 14.8 Å². The molecule has 3 rings (SSSR count). The predicted molar refractivity (Wildman–Crippen MR) is 105 cm³/mol. The molecule has 1 saturated carbocycles. The van der Waals surface area contributed by atoms with Gasteiger partial charge in [-0.25, -0.2) is 13.1 Å². The van der Waals surface area contributed by atoms with E-state index in [-0.39, 0.29) is 27.9 Å². The fraction of sp³-hybridized carbons (Fsp3) is 0.632. The summed E-state index contributed by atoms with van der Waals surface area (Å²) in [5, 5.41) is 2.96. The van der Waals surface area contributed by atoms with Crippen molar-refractivity contribution >= 4 is 15.9 Å². The Labute approximate surface area is 166 Å². The second kappa shape index (κ2) is 8.67. The Morgan fingerprint density at radius 3 is 2.57 bits per heavy atom. The first kappa shape index (κ1) is 20.9. The molecule has 1 amide bonds. The summed E-state index contributed by atoms with van der Waals surface area (Å²) in [5.74, 6) is 0.849. The molecule has 1 aromatic rings. The first-order valence-electron chi connectivity index (χ1n) is 9.61. The highest BCUT2D eigenvalue weighted by molar-refractivity contribution is 7.89. The van der Waals surface area contributed by atoms with Crippen LogP contribution in [0.2, 0.25) is 0 Å². The molecule has 2 fully saturated rings. The molecule has 0 radical (unpaired) electrons. The summed E-state index contributed by atoms with van der Waals surface area (Å²) < 4.78 is 37.3. The van der Waals surface area contributed by atoms with E-state index in [9.17, 15) is 13.2 Å². The summed E-state index contributed by atoms with van der Waals surface area (Å²) >= 11 is 0. The lowest BCUT2D eigenvalue weighted by Crippen LogP contribution is -2.41. The zero-order valence-electron chi connectivity index (χ0n) is 16.7. The smallest absolute Gasteiger partial charge is 0.255 e. The van der Waals surface area contributed by atoms with E-state index in [2.05, 4.69) is 14.9 Å². The number of amides is 1. The SMILES string of the molecule is CNS(=O)(=O)c1cc(OC)c(OC)c(C(=O)NCC2CCCN2CC2CC2)c1. The van der Waals surface area contributed by atoms with Crippen molar-refractivity contribution in [2.75, 3.05) is 40.9 Å². The van der Waals surface area contributed by atoms with Gasteiger partial charge in [0.1, 0.15) is 0 Å². The first-order valence-corrected chi connectivity index (χ1v) is 11.1. The highest BCUT2D eigenvalue weighted by atomic mass is 32.2. The van der Waals surface area contributed by atoms with E-state index >= 15 is 0 Å². The number of nitrogens with zero attached hydrogens (tertiary/aromatic N) is 1. The molecule has 156 valence electrons. The van der Waals surface area contributed by atoms with Gasteiger partial charge in [0.05, 0.1) is 24.7 Å². The van der Waals surface area contributed by atoms with E-state index in [0.29, 0.717) is 12.6 Å². The molecule has 2 aliphatic rings. The summed E-state index contributed by atoms with van der Waals surface area (Å²) in [7, 11) is 0.420. The van der Waals surface area contributed by atoms with Gasteiger partial charge in [0.2, 0.25) is 10.0 Å². The Hall–Kier alpha value is -1.84. The van der Waals surface area contributed by atoms with Crippen LogP contribution in [-0.2, 0) is 10.0 Å². The summed E-state index contributed by atoms with van der Waals surface area (Å²) in [5.41, 5.74) is 0.141. The highest BCUT2D eigenvalue weighted by Crippen LogP contribution is 2.34. The van der Waals surface area contributed by atoms with E-state index in [1.54, 1.807) is 0 Å². The highest BCUT2D eigenvalue weighted by Gasteiger charge is 2.31. The Morgan fingerprint density at radius 1 is 1.21 bits per heavy atom. The van der Waals surface area contributed by atoms with Gasteiger partial charge in [0, 0.05) is 25.2 Å². The van der Waals surface area contributed by atoms with Crippen LogP contribution < -0.4 is 19.5 Å². The number of hydrogen-bond acceptors (Lipinski definition) is 6. The van der Waals surface area contributed by atoms with Crippen molar-refractivity contribution in [2.24, 2.45) is 5.92 Å². The van der Waals surface area contributed by atoms with Crippen LogP contribution in [0.25, 0.3) is 0 Å². The van der Waals surface area contributed by atoms with Crippen LogP contribution in [0.15, 0.2) is 17.0 Å². The monoisotopic (exact) mass is 411 g/mol. The molecule has 9 heteroatoms. The van der Waals surface area contributed by atoms with E-state index in [1.807, 2.05) is 0 Å². The largest absolute Gasteiger partial charge is 0.493 e. The van der Waals surface area contributed by atoms with Crippen molar-refractivity contribution in [3.63, 3.8) is 0 Å². The van der Waals surface area contributed by atoms with Gasteiger partial charge in [-0.3, -0.25) is 9.69 Å². The number of sulfonamides is 1. The summed E-state index contributed by atoms with van der Waals surface area (Å²) in [4.78, 5) is 15.3. The molecule has 1 aliphatic carbocycles. The van der Waals surface area contributed by atoms with Gasteiger partial charge in [0.15, 0.2) is 11.5 Å². The second-order valence-electron chi connectivity index (χ2n) is 7.36. The molecule has 1 unspecified atom stereocenters. The molecule has 2 N–H and O–H groups in total. The van der Waals surface area contributed by atoms with Gasteiger partial charge in [-0.2, -0.15) is 0 Å². The number of methoxy groups -OCH3 is 2. The van der Waals surface area contributed by atoms with E-state index in [1.165, 1.54) is 46.2 Å². The van der Waals surface area contributed by atoms with Crippen LogP contribution in [0, 0.1) is 5.92 Å². The van der Waals surface area contributed by atoms with Crippen molar-refractivity contribution < 1.29 is 22.7 Å². The number of nitrogens with one attached hydrogen (secondary N) is 2. The van der Waals surface area contributed by atoms with Crippen LogP contribution in [0.1, 0.15) is 36.0 Å². The van der Waals surface area contributed by atoms with Crippen molar-refractivity contribution in [1.29, 1.82) is 0 Å². The summed E-state index contributed by atoms with van der Waals surface area (Å²) in [6.45, 7) is 2.71. The first-order chi connectivity index (χ1) is 13.4. The standard InChI is InChI=1S/C19H29N3O5S/c1-20-28(24,25)15-9-16(18(27-3)17(10-15)26-2)19(23)21-11-14-5-4-8-22(14)12-13-6-7-13/h9-10,13-14,20H,4-8,11-12H2,1-3H3,(H,21,23). The van der Waals surface area contributed by atoms with Gasteiger partial charge in [-0.1, -0.05) is 0 Å². The zero-order valence-corrected chi connectivity index (χ0v) is 17.5. The molecule has 1 heterocycles. The zero-order chi connectivity index (χ0) is 20.3. The topological polar surface area (TPSA) is 97.0 Å². The maximum absolute atomic E-state index is 12.9. The molecule has 0 bridgehead atoms. The lowest BCUT2D eigenvalue weighted by molar-refractivity contribution is 0.0936. The number of hydrogen-bond donors (Lipinski definition) is 2. The number of likely N-dealkylation sites (tertiary alicyclic amines) is 1. The molecule has 1 atom stereocenters. The number of benzene rings is 1. The maximum Gasteiger partial charge on any atom is 0.255 e. The minimum atomic E-state index is -3.73. The number of carbonyl (C=O) groups excluding carboxylic acids is 1. The minimum Gasteiger partial charge on any atom is -0.493 e. The van der Waals surface area contributed by atoms with Gasteiger partial charge in [0.25, 0.3) is 5.91 Å². The van der Waals surface area contributed by atoms with Crippen LogP contribution in [0.4, 0.5) is 0 Å². The van der Waals surface area contributed by atoms with Crippen molar-refractivity contribution in [2.45, 2.75) is 36.6 Å². The Balaban J connectivity index is 1.78. The average molecular weight is 412 g/mol.